The lowest BCUT2D eigenvalue weighted by molar-refractivity contribution is -0.125. The maximum atomic E-state index is 13.8. The fourth-order valence-electron chi connectivity index (χ4n) is 2.21. The molecule has 0 radical (unpaired) electrons. The van der Waals surface area contributed by atoms with Crippen LogP contribution < -0.4 is 15.4 Å². The van der Waals surface area contributed by atoms with Crippen LogP contribution in [0.2, 0.25) is 0 Å². The number of amides is 2. The molecule has 3 aromatic rings. The second kappa shape index (κ2) is 9.05. The Labute approximate surface area is 163 Å². The number of thiazole rings is 1. The van der Waals surface area contributed by atoms with E-state index in [4.69, 9.17) is 4.74 Å². The molecule has 9 heteroatoms. The summed E-state index contributed by atoms with van der Waals surface area (Å²) in [6.07, 6.45) is 0. The summed E-state index contributed by atoms with van der Waals surface area (Å²) < 4.78 is 32.3. The molecule has 0 aliphatic heterocycles. The lowest BCUT2D eigenvalue weighted by Gasteiger charge is -2.07. The number of halogens is 2. The summed E-state index contributed by atoms with van der Waals surface area (Å²) in [5.74, 6) is -1.62. The summed E-state index contributed by atoms with van der Waals surface area (Å²) in [7, 11) is 0. The molecule has 0 aliphatic rings. The predicted octanol–water partition coefficient (Wildman–Crippen LogP) is 3.22. The molecule has 0 aliphatic carbocycles. The number of benzene rings is 2. The van der Waals surface area contributed by atoms with Crippen LogP contribution in [0.1, 0.15) is 0 Å². The standard InChI is InChI=1S/C19H15F2N3O3S/c20-12-6-7-15(21)14(8-12)16-11-28-19(23-16)24-17(25)9-22-18(26)10-27-13-4-2-1-3-5-13/h1-8,11H,9-10H2,(H,22,26)(H,23,24,25). The van der Waals surface area contributed by atoms with Crippen LogP contribution in [0.25, 0.3) is 11.3 Å². The van der Waals surface area contributed by atoms with Crippen LogP contribution in [-0.2, 0) is 9.59 Å². The fraction of sp³-hybridized carbons (Fsp3) is 0.105. The molecule has 2 aromatic carbocycles. The van der Waals surface area contributed by atoms with Gasteiger partial charge in [0.15, 0.2) is 11.7 Å². The van der Waals surface area contributed by atoms with Crippen molar-refractivity contribution in [3.05, 3.63) is 65.5 Å². The minimum Gasteiger partial charge on any atom is -0.484 e. The van der Waals surface area contributed by atoms with Crippen LogP contribution in [0.5, 0.6) is 5.75 Å². The Morgan fingerprint density at radius 2 is 1.86 bits per heavy atom. The van der Waals surface area contributed by atoms with E-state index in [2.05, 4.69) is 15.6 Å². The second-order valence-electron chi connectivity index (χ2n) is 5.59. The molecule has 0 saturated heterocycles. The minimum atomic E-state index is -0.616. The molecule has 0 saturated carbocycles. The number of anilines is 1. The molecule has 0 fully saturated rings. The van der Waals surface area contributed by atoms with Gasteiger partial charge in [-0.1, -0.05) is 18.2 Å². The van der Waals surface area contributed by atoms with Gasteiger partial charge in [0.1, 0.15) is 17.4 Å². The van der Waals surface area contributed by atoms with Gasteiger partial charge in [-0.15, -0.1) is 11.3 Å². The number of para-hydroxylation sites is 1. The predicted molar refractivity (Wildman–Crippen MR) is 101 cm³/mol. The van der Waals surface area contributed by atoms with Gasteiger partial charge in [-0.3, -0.25) is 9.59 Å². The van der Waals surface area contributed by atoms with Gasteiger partial charge in [-0.25, -0.2) is 13.8 Å². The first-order chi connectivity index (χ1) is 13.5. The number of carbonyl (C=O) groups excluding carboxylic acids is 2. The van der Waals surface area contributed by atoms with E-state index >= 15 is 0 Å². The van der Waals surface area contributed by atoms with Crippen LogP contribution in [0.4, 0.5) is 13.9 Å². The van der Waals surface area contributed by atoms with Crippen molar-refractivity contribution in [3.8, 4) is 17.0 Å². The Morgan fingerprint density at radius 1 is 1.07 bits per heavy atom. The van der Waals surface area contributed by atoms with Gasteiger partial charge in [0.2, 0.25) is 5.91 Å². The van der Waals surface area contributed by atoms with Crippen LogP contribution in [0.15, 0.2) is 53.9 Å². The summed E-state index contributed by atoms with van der Waals surface area (Å²) in [5, 5.41) is 6.62. The molecule has 28 heavy (non-hydrogen) atoms. The Balaban J connectivity index is 1.48. The first kappa shape index (κ1) is 19.4. The molecule has 6 nitrogen and oxygen atoms in total. The molecular formula is C19H15F2N3O3S. The van der Waals surface area contributed by atoms with E-state index in [1.165, 1.54) is 5.38 Å². The minimum absolute atomic E-state index is 0.00288. The van der Waals surface area contributed by atoms with Crippen LogP contribution in [-0.4, -0.2) is 29.9 Å². The highest BCUT2D eigenvalue weighted by Crippen LogP contribution is 2.27. The third kappa shape index (κ3) is 5.34. The maximum Gasteiger partial charge on any atom is 0.258 e. The first-order valence-corrected chi connectivity index (χ1v) is 9.04. The summed E-state index contributed by atoms with van der Waals surface area (Å²) >= 11 is 1.06. The number of rotatable bonds is 7. The molecule has 2 N–H and O–H groups in total. The quantitative estimate of drug-likeness (QED) is 0.635. The second-order valence-corrected chi connectivity index (χ2v) is 6.45. The van der Waals surface area contributed by atoms with Crippen molar-refractivity contribution in [3.63, 3.8) is 0 Å². The molecule has 0 spiro atoms. The molecule has 0 bridgehead atoms. The summed E-state index contributed by atoms with van der Waals surface area (Å²) in [6.45, 7) is -0.502. The van der Waals surface area contributed by atoms with E-state index in [9.17, 15) is 18.4 Å². The normalized spacial score (nSPS) is 10.4. The Hall–Kier alpha value is -3.33. The van der Waals surface area contributed by atoms with Crippen LogP contribution >= 0.6 is 11.3 Å². The van der Waals surface area contributed by atoms with Crippen molar-refractivity contribution in [2.45, 2.75) is 0 Å². The van der Waals surface area contributed by atoms with Gasteiger partial charge in [-0.05, 0) is 30.3 Å². The third-order valence-electron chi connectivity index (χ3n) is 3.51. The molecule has 144 valence electrons. The summed E-state index contributed by atoms with van der Waals surface area (Å²) in [4.78, 5) is 27.7. The van der Waals surface area contributed by atoms with Gasteiger partial charge in [-0.2, -0.15) is 0 Å². The zero-order valence-electron chi connectivity index (χ0n) is 14.4. The van der Waals surface area contributed by atoms with Gasteiger partial charge in [0.05, 0.1) is 12.2 Å². The SMILES string of the molecule is O=C(COc1ccccc1)NCC(=O)Nc1nc(-c2cc(F)ccc2F)cs1. The number of ether oxygens (including phenoxy) is 1. The highest BCUT2D eigenvalue weighted by atomic mass is 32.1. The van der Waals surface area contributed by atoms with Gasteiger partial charge in [0, 0.05) is 10.9 Å². The van der Waals surface area contributed by atoms with Gasteiger partial charge < -0.3 is 15.4 Å². The fourth-order valence-corrected chi connectivity index (χ4v) is 2.93. The van der Waals surface area contributed by atoms with Gasteiger partial charge in [0.25, 0.3) is 5.91 Å². The molecule has 1 heterocycles. The summed E-state index contributed by atoms with van der Waals surface area (Å²) in [6, 6.07) is 11.8. The number of carbonyl (C=O) groups is 2. The van der Waals surface area contributed by atoms with Crippen molar-refractivity contribution in [2.75, 3.05) is 18.5 Å². The van der Waals surface area contributed by atoms with Crippen LogP contribution in [0, 0.1) is 11.6 Å². The lowest BCUT2D eigenvalue weighted by Crippen LogP contribution is -2.35. The molecule has 0 unspecified atom stereocenters. The zero-order chi connectivity index (χ0) is 19.9. The third-order valence-corrected chi connectivity index (χ3v) is 4.27. The first-order valence-electron chi connectivity index (χ1n) is 8.16. The van der Waals surface area contributed by atoms with E-state index in [-0.39, 0.29) is 29.5 Å². The smallest absolute Gasteiger partial charge is 0.258 e. The average molecular weight is 403 g/mol. The van der Waals surface area contributed by atoms with Crippen molar-refractivity contribution in [1.82, 2.24) is 10.3 Å². The van der Waals surface area contributed by atoms with E-state index in [0.29, 0.717) is 5.75 Å². The Morgan fingerprint density at radius 3 is 2.64 bits per heavy atom. The topological polar surface area (TPSA) is 80.3 Å². The number of nitrogens with one attached hydrogen (secondary N) is 2. The molecule has 2 amide bonds. The van der Waals surface area contributed by atoms with Crippen molar-refractivity contribution in [1.29, 1.82) is 0 Å². The number of hydrogen-bond donors (Lipinski definition) is 2. The maximum absolute atomic E-state index is 13.8. The molecule has 1 aromatic heterocycles. The Bertz CT molecular complexity index is 980. The highest BCUT2D eigenvalue weighted by molar-refractivity contribution is 7.14. The van der Waals surface area contributed by atoms with E-state index in [1.54, 1.807) is 24.3 Å². The van der Waals surface area contributed by atoms with E-state index in [1.807, 2.05) is 6.07 Å². The highest BCUT2D eigenvalue weighted by Gasteiger charge is 2.13. The average Bonchev–Trinajstić information content (AvgIpc) is 3.15. The lowest BCUT2D eigenvalue weighted by atomic mass is 10.1. The van der Waals surface area contributed by atoms with Crippen LogP contribution in [0.3, 0.4) is 0 Å². The molecule has 0 atom stereocenters. The Kier molecular flexibility index (Phi) is 6.28. The van der Waals surface area contributed by atoms with Crippen molar-refractivity contribution < 1.29 is 23.1 Å². The van der Waals surface area contributed by atoms with Crippen molar-refractivity contribution in [2.24, 2.45) is 0 Å². The van der Waals surface area contributed by atoms with Crippen molar-refractivity contribution >= 4 is 28.3 Å². The van der Waals surface area contributed by atoms with Gasteiger partial charge >= 0.3 is 0 Å². The van der Waals surface area contributed by atoms with E-state index in [0.717, 1.165) is 29.5 Å². The largest absolute Gasteiger partial charge is 0.484 e. The molecular weight excluding hydrogens is 388 g/mol. The number of hydrogen-bond acceptors (Lipinski definition) is 5. The summed E-state index contributed by atoms with van der Waals surface area (Å²) in [5.41, 5.74) is 0.209. The number of aromatic nitrogens is 1. The molecule has 3 rings (SSSR count). The monoisotopic (exact) mass is 403 g/mol. The number of nitrogens with zero attached hydrogens (tertiary/aromatic N) is 1. The zero-order valence-corrected chi connectivity index (χ0v) is 15.3. The van der Waals surface area contributed by atoms with E-state index < -0.39 is 23.4 Å².